The number of fused-ring (bicyclic) bond motifs is 1. The molecule has 2 aromatic heterocycles. The van der Waals surface area contributed by atoms with Crippen molar-refractivity contribution in [3.8, 4) is 16.3 Å². The number of hydrogen-bond acceptors (Lipinski definition) is 11. The van der Waals surface area contributed by atoms with E-state index in [1.165, 1.54) is 12.8 Å². The summed E-state index contributed by atoms with van der Waals surface area (Å²) in [5.74, 6) is 2.07. The fourth-order valence-corrected chi connectivity index (χ4v) is 7.15. The maximum atomic E-state index is 13.2. The summed E-state index contributed by atoms with van der Waals surface area (Å²) in [6, 6.07) is 6.56. The van der Waals surface area contributed by atoms with Crippen molar-refractivity contribution in [2.75, 3.05) is 48.9 Å². The van der Waals surface area contributed by atoms with E-state index in [1.807, 2.05) is 25.2 Å². The molecule has 2 unspecified atom stereocenters. The number of nitrogens with zero attached hydrogens (tertiary/aromatic N) is 7. The Balaban J connectivity index is 1.23. The minimum absolute atomic E-state index is 0.107. The Bertz CT molecular complexity index is 1390. The van der Waals surface area contributed by atoms with Gasteiger partial charge in [-0.15, -0.1) is 10.2 Å². The van der Waals surface area contributed by atoms with Crippen LogP contribution in [0.3, 0.4) is 0 Å². The lowest BCUT2D eigenvalue weighted by Crippen LogP contribution is -2.55. The highest BCUT2D eigenvalue weighted by Gasteiger charge is 2.41. The third kappa shape index (κ3) is 5.60. The van der Waals surface area contributed by atoms with E-state index < -0.39 is 0 Å². The zero-order valence-electron chi connectivity index (χ0n) is 24.3. The van der Waals surface area contributed by atoms with Gasteiger partial charge in [-0.25, -0.2) is 4.98 Å². The molecule has 11 nitrogen and oxygen atoms in total. The van der Waals surface area contributed by atoms with Crippen LogP contribution in [-0.4, -0.2) is 82.9 Å². The van der Waals surface area contributed by atoms with Gasteiger partial charge < -0.3 is 25.2 Å². The first kappa shape index (κ1) is 27.8. The largest absolute Gasteiger partial charge is 0.495 e. The van der Waals surface area contributed by atoms with Crippen LogP contribution in [0, 0.1) is 0 Å². The minimum atomic E-state index is -0.209. The fourth-order valence-electron chi connectivity index (χ4n) is 6.27. The molecule has 3 aliphatic rings. The number of carbonyl (C=O) groups excluding carboxylic acids is 1. The molecule has 0 radical (unpaired) electrons. The molecule has 218 valence electrons. The van der Waals surface area contributed by atoms with E-state index in [9.17, 15) is 4.79 Å². The average Bonchev–Trinajstić information content (AvgIpc) is 3.68. The lowest BCUT2D eigenvalue weighted by Gasteiger charge is -2.43. The van der Waals surface area contributed by atoms with Gasteiger partial charge >= 0.3 is 0 Å². The third-order valence-corrected chi connectivity index (χ3v) is 9.34. The average molecular weight is 578 g/mol. The van der Waals surface area contributed by atoms with Crippen molar-refractivity contribution in [1.29, 1.82) is 0 Å². The quantitative estimate of drug-likeness (QED) is 0.407. The number of rotatable bonds is 8. The van der Waals surface area contributed by atoms with Crippen LogP contribution < -0.4 is 25.2 Å². The summed E-state index contributed by atoms with van der Waals surface area (Å²) in [7, 11) is 3.47. The van der Waals surface area contributed by atoms with Crippen molar-refractivity contribution in [3.05, 3.63) is 29.4 Å². The van der Waals surface area contributed by atoms with Crippen LogP contribution in [0.4, 0.5) is 23.1 Å². The van der Waals surface area contributed by atoms with Crippen LogP contribution in [0.15, 0.2) is 24.4 Å². The number of nitrogens with one attached hydrogen (secondary N) is 2. The zero-order chi connectivity index (χ0) is 28.5. The summed E-state index contributed by atoms with van der Waals surface area (Å²) in [6.07, 6.45) is 7.01. The highest BCUT2D eigenvalue weighted by Crippen LogP contribution is 2.40. The molecule has 2 atom stereocenters. The van der Waals surface area contributed by atoms with E-state index in [-0.39, 0.29) is 11.9 Å². The molecular weight excluding hydrogens is 538 g/mol. The number of hydrogen-bond donors (Lipinski definition) is 2. The Kier molecular flexibility index (Phi) is 8.05. The number of carbonyl (C=O) groups is 1. The van der Waals surface area contributed by atoms with Gasteiger partial charge in [0.05, 0.1) is 25.5 Å². The first-order valence-corrected chi connectivity index (χ1v) is 15.4. The van der Waals surface area contributed by atoms with Gasteiger partial charge in [0.2, 0.25) is 11.9 Å². The number of aromatic nitrogens is 4. The smallest absolute Gasteiger partial charge is 0.249 e. The number of anilines is 4. The van der Waals surface area contributed by atoms with E-state index in [0.717, 1.165) is 78.2 Å². The first-order valence-electron chi connectivity index (χ1n) is 14.6. The molecule has 2 fully saturated rings. The van der Waals surface area contributed by atoms with Gasteiger partial charge in [0.15, 0.2) is 5.82 Å². The second-order valence-corrected chi connectivity index (χ2v) is 12.3. The van der Waals surface area contributed by atoms with Crippen molar-refractivity contribution in [3.63, 3.8) is 0 Å². The summed E-state index contributed by atoms with van der Waals surface area (Å²) in [4.78, 5) is 29.1. The second-order valence-electron chi connectivity index (χ2n) is 11.2. The predicted molar refractivity (Wildman–Crippen MR) is 162 cm³/mol. The molecule has 6 rings (SSSR count). The third-order valence-electron chi connectivity index (χ3n) is 8.39. The first-order chi connectivity index (χ1) is 19.9. The van der Waals surface area contributed by atoms with Crippen LogP contribution >= 0.6 is 11.3 Å². The molecule has 0 bridgehead atoms. The summed E-state index contributed by atoms with van der Waals surface area (Å²) in [5, 5.41) is 17.7. The van der Waals surface area contributed by atoms with Gasteiger partial charge in [-0.05, 0) is 44.4 Å². The monoisotopic (exact) mass is 577 g/mol. The van der Waals surface area contributed by atoms with Gasteiger partial charge in [0, 0.05) is 44.3 Å². The molecule has 41 heavy (non-hydrogen) atoms. The topological polar surface area (TPSA) is 112 Å². The number of methoxy groups -OCH3 is 1. The van der Waals surface area contributed by atoms with E-state index >= 15 is 0 Å². The summed E-state index contributed by atoms with van der Waals surface area (Å²) in [5.41, 5.74) is 2.46. The maximum absolute atomic E-state index is 13.2. The van der Waals surface area contributed by atoms with E-state index in [4.69, 9.17) is 9.72 Å². The Morgan fingerprint density at radius 1 is 1.22 bits per heavy atom. The molecule has 0 spiro atoms. The van der Waals surface area contributed by atoms with Gasteiger partial charge in [-0.2, -0.15) is 4.98 Å². The molecule has 2 aliphatic heterocycles. The summed E-state index contributed by atoms with van der Waals surface area (Å²) >= 11 is 1.62. The Morgan fingerprint density at radius 2 is 2.05 bits per heavy atom. The highest BCUT2D eigenvalue weighted by molar-refractivity contribution is 7.14. The minimum Gasteiger partial charge on any atom is -0.495 e. The number of likely N-dealkylation sites (N-methyl/N-ethyl adjacent to an activating group) is 1. The van der Waals surface area contributed by atoms with E-state index in [0.29, 0.717) is 23.8 Å². The van der Waals surface area contributed by atoms with Crippen molar-refractivity contribution in [1.82, 2.24) is 30.4 Å². The van der Waals surface area contributed by atoms with Gasteiger partial charge in [-0.1, -0.05) is 31.1 Å². The van der Waals surface area contributed by atoms with Gasteiger partial charge in [0.1, 0.15) is 27.5 Å². The van der Waals surface area contributed by atoms with Crippen molar-refractivity contribution in [2.45, 2.75) is 70.6 Å². The molecule has 1 saturated carbocycles. The molecule has 12 heteroatoms. The number of benzene rings is 1. The number of piperazine rings is 1. The number of ether oxygens (including phenoxy) is 1. The summed E-state index contributed by atoms with van der Waals surface area (Å²) < 4.78 is 5.76. The van der Waals surface area contributed by atoms with Crippen molar-refractivity contribution >= 4 is 40.4 Å². The SMILES string of the molecule is CCC1C(=O)N(C)c2cnc(Nc3ccc(-c4nnc(CN5CCNC(C)C5)s4)cc3OC)nc2N1C1CCCC1. The molecule has 4 heterocycles. The lowest BCUT2D eigenvalue weighted by molar-refractivity contribution is -0.120. The molecule has 3 aromatic rings. The molecule has 1 saturated heterocycles. The molecule has 1 aliphatic carbocycles. The van der Waals surface area contributed by atoms with E-state index in [2.05, 4.69) is 49.5 Å². The maximum Gasteiger partial charge on any atom is 0.249 e. The van der Waals surface area contributed by atoms with E-state index in [1.54, 1.807) is 29.5 Å². The normalized spacial score (nSPS) is 21.8. The Labute approximate surface area is 245 Å². The molecule has 1 amide bonds. The highest BCUT2D eigenvalue weighted by atomic mass is 32.1. The van der Waals surface area contributed by atoms with Crippen LogP contribution in [0.25, 0.3) is 10.6 Å². The Morgan fingerprint density at radius 3 is 2.80 bits per heavy atom. The fraction of sp³-hybridized carbons (Fsp3) is 0.552. The van der Waals surface area contributed by atoms with Crippen LogP contribution in [0.2, 0.25) is 0 Å². The van der Waals surface area contributed by atoms with Gasteiger partial charge in [0.25, 0.3) is 0 Å². The second kappa shape index (κ2) is 11.9. The predicted octanol–water partition coefficient (Wildman–Crippen LogP) is 4.05. The van der Waals surface area contributed by atoms with Crippen LogP contribution in [-0.2, 0) is 11.3 Å². The van der Waals surface area contributed by atoms with Crippen LogP contribution in [0.5, 0.6) is 5.75 Å². The summed E-state index contributed by atoms with van der Waals surface area (Å²) in [6.45, 7) is 8.12. The van der Waals surface area contributed by atoms with Gasteiger partial charge in [-0.3, -0.25) is 9.69 Å². The molecule has 1 aromatic carbocycles. The standard InChI is InChI=1S/C29H39N9O2S/c1-5-22-28(39)36(3)23-15-31-29(33-26(23)38(22)20-8-6-7-9-20)32-21-11-10-19(14-24(21)40-4)27-35-34-25(41-27)17-37-13-12-30-18(2)16-37/h10-11,14-15,18,20,22,30H,5-9,12-13,16-17H2,1-4H3,(H,31,32,33). The van der Waals surface area contributed by atoms with Crippen molar-refractivity contribution in [2.24, 2.45) is 0 Å². The van der Waals surface area contributed by atoms with Crippen LogP contribution in [0.1, 0.15) is 51.0 Å². The lowest BCUT2D eigenvalue weighted by atomic mass is 10.0. The number of amides is 1. The Hall–Kier alpha value is -3.35. The molecular formula is C29H39N9O2S. The zero-order valence-corrected chi connectivity index (χ0v) is 25.1. The molecule has 2 N–H and O–H groups in total. The van der Waals surface area contributed by atoms with Crippen molar-refractivity contribution < 1.29 is 9.53 Å².